The molecule has 1 heterocycles. The van der Waals surface area contributed by atoms with Crippen LogP contribution in [0.2, 0.25) is 0 Å². The van der Waals surface area contributed by atoms with Gasteiger partial charge >= 0.3 is 13.6 Å². The van der Waals surface area contributed by atoms with E-state index in [0.29, 0.717) is 6.42 Å². The Labute approximate surface area is 224 Å². The lowest BCUT2D eigenvalue weighted by Gasteiger charge is -2.30. The number of H-pyrrole nitrogens is 1. The smallest absolute Gasteiger partial charge is 0.347 e. The summed E-state index contributed by atoms with van der Waals surface area (Å²) < 4.78 is 24.1. The fourth-order valence-electron chi connectivity index (χ4n) is 4.10. The van der Waals surface area contributed by atoms with Crippen molar-refractivity contribution in [1.29, 1.82) is 0 Å². The van der Waals surface area contributed by atoms with Crippen molar-refractivity contribution in [3.05, 3.63) is 36.0 Å². The van der Waals surface area contributed by atoms with Gasteiger partial charge in [-0.2, -0.15) is 0 Å². The van der Waals surface area contributed by atoms with Crippen molar-refractivity contribution in [2.24, 2.45) is 5.92 Å². The second-order valence-electron chi connectivity index (χ2n) is 9.59. The average molecular weight is 553 g/mol. The quantitative estimate of drug-likeness (QED) is 0.198. The second-order valence-corrected chi connectivity index (χ2v) is 12.0. The molecule has 0 aliphatic carbocycles. The van der Waals surface area contributed by atoms with Crippen LogP contribution in [0, 0.1) is 5.92 Å². The lowest BCUT2D eigenvalue weighted by Crippen LogP contribution is -2.56. The Morgan fingerprint density at radius 2 is 1.58 bits per heavy atom. The van der Waals surface area contributed by atoms with E-state index in [1.54, 1.807) is 27.0 Å². The Balaban J connectivity index is 2.32. The number of benzene rings is 1. The summed E-state index contributed by atoms with van der Waals surface area (Å²) in [5, 5.41) is 18.5. The van der Waals surface area contributed by atoms with Gasteiger partial charge in [-0.05, 0) is 51.7 Å². The Morgan fingerprint density at radius 3 is 2.16 bits per heavy atom. The largest absolute Gasteiger partial charge is 0.480 e. The van der Waals surface area contributed by atoms with Gasteiger partial charge in [-0.25, -0.2) is 0 Å². The van der Waals surface area contributed by atoms with Crippen LogP contribution in [-0.4, -0.2) is 65.0 Å². The highest BCUT2D eigenvalue weighted by Gasteiger charge is 2.36. The third-order valence-electron chi connectivity index (χ3n) is 6.02. The zero-order chi connectivity index (χ0) is 28.5. The molecule has 0 saturated heterocycles. The van der Waals surface area contributed by atoms with Gasteiger partial charge in [0.1, 0.15) is 17.9 Å². The molecule has 12 heteroatoms. The molecule has 2 rings (SSSR count). The number of nitrogens with one attached hydrogen (secondary N) is 4. The van der Waals surface area contributed by atoms with Gasteiger partial charge in [-0.3, -0.25) is 24.3 Å². The number of carboxylic acids is 1. The first kappa shape index (κ1) is 31.5. The van der Waals surface area contributed by atoms with Crippen LogP contribution in [0.3, 0.4) is 0 Å². The first-order valence-electron chi connectivity index (χ1n) is 12.9. The highest BCUT2D eigenvalue weighted by Crippen LogP contribution is 2.51. The lowest BCUT2D eigenvalue weighted by atomic mass is 10.0. The predicted molar refractivity (Wildman–Crippen MR) is 146 cm³/mol. The molecule has 0 aliphatic heterocycles. The van der Waals surface area contributed by atoms with Gasteiger partial charge in [-0.1, -0.05) is 32.0 Å². The van der Waals surface area contributed by atoms with Gasteiger partial charge < -0.3 is 29.8 Å². The Kier molecular flexibility index (Phi) is 12.0. The molecule has 2 amide bonds. The van der Waals surface area contributed by atoms with Crippen molar-refractivity contribution < 1.29 is 33.1 Å². The number of hydrogen-bond donors (Lipinski definition) is 5. The average Bonchev–Trinajstić information content (AvgIpc) is 3.25. The zero-order valence-electron chi connectivity index (χ0n) is 22.9. The molecule has 5 N–H and O–H groups in total. The Bertz CT molecular complexity index is 1130. The standard InChI is InChI=1S/C26H41N4O7P/c1-7-36-38(35,37-8-2)18(6)29-22(13-16(3)4)25(32)30-23(24(31)28-17(5)26(33)34)14-19-15-27-21-12-10-9-11-20(19)21/h9-12,15-18,22-23,27,29H,7-8,13-14H2,1-6H3,(H,28,31)(H,30,32)(H,33,34)/t17-,18?,22?,23-/m0/s1. The summed E-state index contributed by atoms with van der Waals surface area (Å²) >= 11 is 0. The van der Waals surface area contributed by atoms with Crippen LogP contribution < -0.4 is 16.0 Å². The molecule has 0 saturated carbocycles. The highest BCUT2D eigenvalue weighted by molar-refractivity contribution is 7.54. The second kappa shape index (κ2) is 14.4. The molecular formula is C26H41N4O7P. The first-order valence-corrected chi connectivity index (χ1v) is 14.6. The van der Waals surface area contributed by atoms with Crippen LogP contribution in [0.5, 0.6) is 0 Å². The van der Waals surface area contributed by atoms with E-state index in [-0.39, 0.29) is 25.6 Å². The molecule has 2 unspecified atom stereocenters. The van der Waals surface area contributed by atoms with E-state index >= 15 is 0 Å². The third-order valence-corrected chi connectivity index (χ3v) is 8.35. The van der Waals surface area contributed by atoms with Crippen molar-refractivity contribution in [3.63, 3.8) is 0 Å². The zero-order valence-corrected chi connectivity index (χ0v) is 23.8. The lowest BCUT2D eigenvalue weighted by molar-refractivity contribution is -0.141. The number of carbonyl (C=O) groups excluding carboxylic acids is 2. The summed E-state index contributed by atoms with van der Waals surface area (Å²) in [6.45, 7) is 10.7. The van der Waals surface area contributed by atoms with E-state index in [9.17, 15) is 24.1 Å². The SMILES string of the molecule is CCOP(=O)(OCC)C(C)NC(CC(C)C)C(=O)N[C@@H](Cc1c[nH]c2ccccc12)C(=O)N[C@@H](C)C(=O)O. The molecule has 0 radical (unpaired) electrons. The molecule has 0 aliphatic rings. The Morgan fingerprint density at radius 1 is 0.974 bits per heavy atom. The molecule has 38 heavy (non-hydrogen) atoms. The van der Waals surface area contributed by atoms with Gasteiger partial charge in [0.15, 0.2) is 0 Å². The number of aromatic nitrogens is 1. The van der Waals surface area contributed by atoms with E-state index in [2.05, 4.69) is 20.9 Å². The predicted octanol–water partition coefficient (Wildman–Crippen LogP) is 3.40. The number of carboxylic acid groups (broad SMARTS) is 1. The number of carbonyl (C=O) groups is 3. The first-order chi connectivity index (χ1) is 17.9. The number of para-hydroxylation sites is 1. The molecule has 1 aromatic heterocycles. The maximum atomic E-state index is 13.5. The van der Waals surface area contributed by atoms with Crippen molar-refractivity contribution >= 4 is 36.3 Å². The number of fused-ring (bicyclic) bond motifs is 1. The molecule has 2 aromatic rings. The number of rotatable bonds is 16. The van der Waals surface area contributed by atoms with Gasteiger partial charge in [-0.15, -0.1) is 0 Å². The normalized spacial score (nSPS) is 15.1. The molecule has 11 nitrogen and oxygen atoms in total. The summed E-state index contributed by atoms with van der Waals surface area (Å²) in [4.78, 5) is 41.2. The molecule has 0 spiro atoms. The van der Waals surface area contributed by atoms with Crippen LogP contribution >= 0.6 is 7.60 Å². The van der Waals surface area contributed by atoms with Crippen LogP contribution in [0.4, 0.5) is 0 Å². The van der Waals surface area contributed by atoms with Gasteiger partial charge in [0.25, 0.3) is 0 Å². The van der Waals surface area contributed by atoms with Crippen molar-refractivity contribution in [2.75, 3.05) is 13.2 Å². The number of aromatic amines is 1. The summed E-state index contributed by atoms with van der Waals surface area (Å²) in [7, 11) is -3.54. The molecule has 1 aromatic carbocycles. The summed E-state index contributed by atoms with van der Waals surface area (Å²) in [5.41, 5.74) is 1.67. The highest BCUT2D eigenvalue weighted by atomic mass is 31.2. The van der Waals surface area contributed by atoms with Crippen molar-refractivity contribution in [3.8, 4) is 0 Å². The summed E-state index contributed by atoms with van der Waals surface area (Å²) in [6.07, 6.45) is 2.29. The number of hydrogen-bond acceptors (Lipinski definition) is 7. The minimum atomic E-state index is -3.54. The fourth-order valence-corrected chi connectivity index (χ4v) is 5.71. The van der Waals surface area contributed by atoms with Crippen molar-refractivity contribution in [1.82, 2.24) is 20.9 Å². The van der Waals surface area contributed by atoms with E-state index in [1.807, 2.05) is 38.1 Å². The molecular weight excluding hydrogens is 511 g/mol. The summed E-state index contributed by atoms with van der Waals surface area (Å²) in [5.74, 6) is -2.98. The van der Waals surface area contributed by atoms with E-state index < -0.39 is 49.3 Å². The van der Waals surface area contributed by atoms with Gasteiger partial charge in [0.05, 0.1) is 19.3 Å². The number of amides is 2. The third kappa shape index (κ3) is 8.66. The van der Waals surface area contributed by atoms with Crippen molar-refractivity contribution in [2.45, 2.75) is 78.3 Å². The van der Waals surface area contributed by atoms with Gasteiger partial charge in [0, 0.05) is 23.5 Å². The van der Waals surface area contributed by atoms with Crippen LogP contribution in [0.1, 0.15) is 53.5 Å². The van der Waals surface area contributed by atoms with Crippen LogP contribution in [0.25, 0.3) is 10.9 Å². The fraction of sp³-hybridized carbons (Fsp3) is 0.577. The van der Waals surface area contributed by atoms with E-state index in [4.69, 9.17) is 9.05 Å². The molecule has 0 fully saturated rings. The van der Waals surface area contributed by atoms with Crippen LogP contribution in [0.15, 0.2) is 30.5 Å². The van der Waals surface area contributed by atoms with E-state index in [1.165, 1.54) is 6.92 Å². The molecule has 0 bridgehead atoms. The number of aliphatic carboxylic acids is 1. The van der Waals surface area contributed by atoms with Gasteiger partial charge in [0.2, 0.25) is 11.8 Å². The molecule has 4 atom stereocenters. The van der Waals surface area contributed by atoms with Crippen LogP contribution in [-0.2, 0) is 34.4 Å². The maximum Gasteiger partial charge on any atom is 0.347 e. The Hall–Kier alpha value is -2.72. The minimum absolute atomic E-state index is 0.0944. The molecule has 212 valence electrons. The minimum Gasteiger partial charge on any atom is -0.480 e. The maximum absolute atomic E-state index is 13.5. The topological polar surface area (TPSA) is 159 Å². The monoisotopic (exact) mass is 552 g/mol. The summed E-state index contributed by atoms with van der Waals surface area (Å²) in [6, 6.07) is 4.56. The van der Waals surface area contributed by atoms with E-state index in [0.717, 1.165) is 16.5 Å².